The minimum atomic E-state index is -4.22. The highest BCUT2D eigenvalue weighted by molar-refractivity contribution is 7.92. The topological polar surface area (TPSA) is 105 Å². The van der Waals surface area contributed by atoms with E-state index < -0.39 is 28.5 Å². The van der Waals surface area contributed by atoms with E-state index in [9.17, 15) is 18.0 Å². The van der Waals surface area contributed by atoms with Gasteiger partial charge in [0.1, 0.15) is 24.1 Å². The highest BCUT2D eigenvalue weighted by Gasteiger charge is 2.33. The monoisotopic (exact) mass is 615 g/mol. The Kier molecular flexibility index (Phi) is 11.2. The van der Waals surface area contributed by atoms with Gasteiger partial charge in [-0.2, -0.15) is 0 Å². The molecule has 226 valence electrons. The van der Waals surface area contributed by atoms with Crippen molar-refractivity contribution in [2.24, 2.45) is 0 Å². The van der Waals surface area contributed by atoms with Crippen LogP contribution >= 0.6 is 11.6 Å². The first kappa shape index (κ1) is 32.8. The van der Waals surface area contributed by atoms with Gasteiger partial charge in [-0.3, -0.25) is 13.9 Å². The van der Waals surface area contributed by atoms with E-state index in [1.807, 2.05) is 26.8 Å². The summed E-state index contributed by atoms with van der Waals surface area (Å²) in [4.78, 5) is 28.7. The number of nitrogens with zero attached hydrogens (tertiary/aromatic N) is 2. The van der Waals surface area contributed by atoms with Gasteiger partial charge in [-0.1, -0.05) is 48.4 Å². The third kappa shape index (κ3) is 7.95. The molecule has 11 heteroatoms. The van der Waals surface area contributed by atoms with Crippen molar-refractivity contribution >= 4 is 39.1 Å². The molecular weight excluding hydrogens is 578 g/mol. The number of rotatable bonds is 13. The van der Waals surface area contributed by atoms with Crippen LogP contribution in [0.3, 0.4) is 0 Å². The van der Waals surface area contributed by atoms with Crippen LogP contribution in [-0.4, -0.2) is 58.0 Å². The van der Waals surface area contributed by atoms with E-state index in [2.05, 4.69) is 5.32 Å². The smallest absolute Gasteiger partial charge is 0.264 e. The van der Waals surface area contributed by atoms with Gasteiger partial charge in [0.15, 0.2) is 0 Å². The summed E-state index contributed by atoms with van der Waals surface area (Å²) in [5.74, 6) is 0.0238. The SMILES string of the molecule is CCC(C)NC(=O)C(C)N(Cc1cccc(OC)c1)C(=O)CN(c1ccc(OC)c(Cl)c1)S(=O)(=O)c1ccc(C)cc1. The number of halogens is 1. The van der Waals surface area contributed by atoms with Crippen LogP contribution < -0.4 is 19.1 Å². The summed E-state index contributed by atoms with van der Waals surface area (Å²) >= 11 is 6.37. The quantitative estimate of drug-likeness (QED) is 0.284. The Morgan fingerprint density at radius 2 is 1.67 bits per heavy atom. The summed E-state index contributed by atoms with van der Waals surface area (Å²) in [5, 5.41) is 3.10. The first-order valence-electron chi connectivity index (χ1n) is 13.6. The number of carbonyl (C=O) groups is 2. The number of carbonyl (C=O) groups excluding carboxylic acids is 2. The number of benzene rings is 3. The van der Waals surface area contributed by atoms with Gasteiger partial charge in [-0.25, -0.2) is 8.42 Å². The number of anilines is 1. The third-order valence-corrected chi connectivity index (χ3v) is 9.05. The average Bonchev–Trinajstić information content (AvgIpc) is 2.98. The second kappa shape index (κ2) is 14.4. The molecule has 0 spiro atoms. The van der Waals surface area contributed by atoms with Gasteiger partial charge in [0.25, 0.3) is 10.0 Å². The molecule has 42 heavy (non-hydrogen) atoms. The molecule has 0 aliphatic rings. The zero-order valence-corrected chi connectivity index (χ0v) is 26.3. The Labute approximate surface area is 253 Å². The summed E-state index contributed by atoms with van der Waals surface area (Å²) in [5.41, 5.74) is 1.77. The minimum Gasteiger partial charge on any atom is -0.497 e. The van der Waals surface area contributed by atoms with Gasteiger partial charge in [0, 0.05) is 12.6 Å². The lowest BCUT2D eigenvalue weighted by Crippen LogP contribution is -2.52. The number of sulfonamides is 1. The van der Waals surface area contributed by atoms with Gasteiger partial charge in [0.2, 0.25) is 11.8 Å². The summed E-state index contributed by atoms with van der Waals surface area (Å²) in [6.07, 6.45) is 0.711. The largest absolute Gasteiger partial charge is 0.497 e. The standard InChI is InChI=1S/C31H38ClN3O6S/c1-7-22(3)33-31(37)23(4)34(19-24-9-8-10-26(17-24)40-5)30(36)20-35(25-13-16-29(41-6)28(32)18-25)42(38,39)27-14-11-21(2)12-15-27/h8-18,22-23H,7,19-20H2,1-6H3,(H,33,37). The number of methoxy groups -OCH3 is 2. The number of nitrogens with one attached hydrogen (secondary N) is 1. The molecule has 2 amide bonds. The van der Waals surface area contributed by atoms with Crippen LogP contribution in [0.2, 0.25) is 5.02 Å². The van der Waals surface area contributed by atoms with E-state index in [1.165, 1.54) is 49.5 Å². The van der Waals surface area contributed by atoms with Crippen molar-refractivity contribution in [1.82, 2.24) is 10.2 Å². The number of hydrogen-bond donors (Lipinski definition) is 1. The van der Waals surface area contributed by atoms with Crippen molar-refractivity contribution < 1.29 is 27.5 Å². The number of hydrogen-bond acceptors (Lipinski definition) is 6. The van der Waals surface area contributed by atoms with E-state index in [1.54, 1.807) is 37.3 Å². The maximum atomic E-state index is 14.1. The molecule has 0 saturated heterocycles. The molecule has 1 N–H and O–H groups in total. The molecule has 2 unspecified atom stereocenters. The summed E-state index contributed by atoms with van der Waals surface area (Å²) in [6, 6.07) is 17.0. The van der Waals surface area contributed by atoms with Crippen LogP contribution in [0.5, 0.6) is 11.5 Å². The molecule has 3 rings (SSSR count). The van der Waals surface area contributed by atoms with Crippen molar-refractivity contribution in [2.75, 3.05) is 25.1 Å². The molecule has 0 aromatic heterocycles. The first-order valence-corrected chi connectivity index (χ1v) is 15.4. The predicted molar refractivity (Wildman–Crippen MR) is 165 cm³/mol. The molecule has 0 saturated carbocycles. The average molecular weight is 616 g/mol. The molecule has 0 heterocycles. The maximum Gasteiger partial charge on any atom is 0.264 e. The van der Waals surface area contributed by atoms with E-state index in [0.29, 0.717) is 23.5 Å². The number of amides is 2. The summed E-state index contributed by atoms with van der Waals surface area (Å²) in [7, 11) is -1.23. The first-order chi connectivity index (χ1) is 19.9. The van der Waals surface area contributed by atoms with Gasteiger partial charge in [0.05, 0.1) is 29.8 Å². The van der Waals surface area contributed by atoms with Gasteiger partial charge in [-0.05, 0) is 75.2 Å². The van der Waals surface area contributed by atoms with Gasteiger partial charge in [-0.15, -0.1) is 0 Å². The Morgan fingerprint density at radius 3 is 2.26 bits per heavy atom. The zero-order chi connectivity index (χ0) is 31.0. The Bertz CT molecular complexity index is 1500. The Morgan fingerprint density at radius 1 is 0.976 bits per heavy atom. The van der Waals surface area contributed by atoms with Gasteiger partial charge >= 0.3 is 0 Å². The molecule has 0 bridgehead atoms. The normalized spacial score (nSPS) is 12.6. The van der Waals surface area contributed by atoms with Crippen LogP contribution in [0.1, 0.15) is 38.3 Å². The second-order valence-corrected chi connectivity index (χ2v) is 12.3. The van der Waals surface area contributed by atoms with E-state index in [4.69, 9.17) is 21.1 Å². The van der Waals surface area contributed by atoms with Crippen LogP contribution in [0.25, 0.3) is 0 Å². The molecule has 0 aliphatic carbocycles. The highest BCUT2D eigenvalue weighted by atomic mass is 35.5. The molecule has 3 aromatic carbocycles. The van der Waals surface area contributed by atoms with E-state index in [0.717, 1.165) is 9.87 Å². The number of ether oxygens (including phenoxy) is 2. The minimum absolute atomic E-state index is 0.00903. The Hall–Kier alpha value is -3.76. The fourth-order valence-electron chi connectivity index (χ4n) is 4.19. The van der Waals surface area contributed by atoms with Crippen molar-refractivity contribution in [3.8, 4) is 11.5 Å². The summed E-state index contributed by atoms with van der Waals surface area (Å²) < 4.78 is 39.5. The Balaban J connectivity index is 2.07. The zero-order valence-electron chi connectivity index (χ0n) is 24.8. The van der Waals surface area contributed by atoms with Crippen molar-refractivity contribution in [1.29, 1.82) is 0 Å². The van der Waals surface area contributed by atoms with Crippen LogP contribution in [0.15, 0.2) is 71.6 Å². The lowest BCUT2D eigenvalue weighted by molar-refractivity contribution is -0.139. The highest BCUT2D eigenvalue weighted by Crippen LogP contribution is 2.32. The van der Waals surface area contributed by atoms with Crippen molar-refractivity contribution in [3.63, 3.8) is 0 Å². The molecule has 3 aromatic rings. The van der Waals surface area contributed by atoms with Crippen molar-refractivity contribution in [2.45, 2.75) is 57.6 Å². The maximum absolute atomic E-state index is 14.1. The fourth-order valence-corrected chi connectivity index (χ4v) is 5.85. The lowest BCUT2D eigenvalue weighted by atomic mass is 10.1. The van der Waals surface area contributed by atoms with Crippen LogP contribution in [0, 0.1) is 6.92 Å². The molecule has 0 aliphatic heterocycles. The predicted octanol–water partition coefficient (Wildman–Crippen LogP) is 5.19. The fraction of sp³-hybridized carbons (Fsp3) is 0.355. The third-order valence-electron chi connectivity index (χ3n) is 6.97. The number of aryl methyl sites for hydroxylation is 1. The molecule has 0 fully saturated rings. The molecular formula is C31H38ClN3O6S. The molecule has 9 nitrogen and oxygen atoms in total. The van der Waals surface area contributed by atoms with Crippen LogP contribution in [-0.2, 0) is 26.2 Å². The molecule has 2 atom stereocenters. The van der Waals surface area contributed by atoms with Crippen molar-refractivity contribution in [3.05, 3.63) is 82.9 Å². The van der Waals surface area contributed by atoms with E-state index >= 15 is 0 Å². The van der Waals surface area contributed by atoms with E-state index in [-0.39, 0.29) is 34.1 Å². The summed E-state index contributed by atoms with van der Waals surface area (Å²) in [6.45, 7) is 6.77. The lowest BCUT2D eigenvalue weighted by Gasteiger charge is -2.32. The van der Waals surface area contributed by atoms with Gasteiger partial charge < -0.3 is 19.7 Å². The van der Waals surface area contributed by atoms with Crippen LogP contribution in [0.4, 0.5) is 5.69 Å². The second-order valence-electron chi connectivity index (χ2n) is 10.0. The molecule has 0 radical (unpaired) electrons.